The molecule has 4 rings (SSSR count). The minimum Gasteiger partial charge on any atom is -0.342 e. The Morgan fingerprint density at radius 1 is 1.36 bits per heavy atom. The van der Waals surface area contributed by atoms with Gasteiger partial charge in [0.1, 0.15) is 5.82 Å². The first-order chi connectivity index (χ1) is 10.7. The number of hydrogen-bond acceptors (Lipinski definition) is 3. The number of rotatable bonds is 4. The number of pyridine rings is 1. The molecule has 2 aromatic heterocycles. The number of aromatic nitrogens is 3. The highest BCUT2D eigenvalue weighted by Gasteiger charge is 2.36. The van der Waals surface area contributed by atoms with Gasteiger partial charge in [-0.25, -0.2) is 4.98 Å². The summed E-state index contributed by atoms with van der Waals surface area (Å²) in [5, 5.41) is 3.17. The summed E-state index contributed by atoms with van der Waals surface area (Å²) in [4.78, 5) is 21.5. The van der Waals surface area contributed by atoms with Crippen LogP contribution in [0.15, 0.2) is 24.7 Å². The van der Waals surface area contributed by atoms with Crippen molar-refractivity contribution in [2.75, 3.05) is 0 Å². The number of fused-ring (bicyclic) bond motifs is 1. The molecule has 0 radical (unpaired) electrons. The van der Waals surface area contributed by atoms with Crippen molar-refractivity contribution < 1.29 is 4.79 Å². The van der Waals surface area contributed by atoms with Gasteiger partial charge in [-0.2, -0.15) is 0 Å². The standard InChI is InChI=1S/C17H20N4O/c1-21-8-7-18-16(21)15(11-5-6-11)20-17(22)13-9-12-3-2-4-14(12)19-10-13/h7-11,15H,2-6H2,1H3,(H,20,22)/t15-/m1/s1. The summed E-state index contributed by atoms with van der Waals surface area (Å²) in [5.74, 6) is 1.40. The Kier molecular flexibility index (Phi) is 3.21. The maximum atomic E-state index is 12.6. The number of amides is 1. The molecule has 1 amide bonds. The SMILES string of the molecule is Cn1ccnc1[C@H](NC(=O)c1cnc2c(c1)CCC2)C1CC1. The number of carbonyl (C=O) groups excluding carboxylic acids is 1. The van der Waals surface area contributed by atoms with Crippen molar-refractivity contribution in [2.24, 2.45) is 13.0 Å². The predicted molar refractivity (Wildman–Crippen MR) is 82.4 cm³/mol. The molecule has 5 nitrogen and oxygen atoms in total. The fraction of sp³-hybridized carbons (Fsp3) is 0.471. The van der Waals surface area contributed by atoms with Crippen LogP contribution in [0.2, 0.25) is 0 Å². The lowest BCUT2D eigenvalue weighted by molar-refractivity contribution is 0.0928. The van der Waals surface area contributed by atoms with Crippen LogP contribution in [0.4, 0.5) is 0 Å². The van der Waals surface area contributed by atoms with Crippen LogP contribution in [-0.4, -0.2) is 20.4 Å². The van der Waals surface area contributed by atoms with Crippen molar-refractivity contribution >= 4 is 5.91 Å². The lowest BCUT2D eigenvalue weighted by Gasteiger charge is -2.18. The number of nitrogens with zero attached hydrogens (tertiary/aromatic N) is 3. The Hall–Kier alpha value is -2.17. The average Bonchev–Trinajstić information content (AvgIpc) is 3.10. The zero-order valence-corrected chi connectivity index (χ0v) is 12.7. The summed E-state index contributed by atoms with van der Waals surface area (Å²) >= 11 is 0. The number of carbonyl (C=O) groups is 1. The summed E-state index contributed by atoms with van der Waals surface area (Å²) in [5.41, 5.74) is 3.05. The van der Waals surface area contributed by atoms with E-state index in [0.29, 0.717) is 11.5 Å². The lowest BCUT2D eigenvalue weighted by Crippen LogP contribution is -2.31. The molecule has 0 bridgehead atoms. The van der Waals surface area contributed by atoms with Crippen LogP contribution in [0, 0.1) is 5.92 Å². The van der Waals surface area contributed by atoms with E-state index in [1.165, 1.54) is 5.56 Å². The van der Waals surface area contributed by atoms with Gasteiger partial charge >= 0.3 is 0 Å². The van der Waals surface area contributed by atoms with Crippen molar-refractivity contribution in [1.29, 1.82) is 0 Å². The number of nitrogens with one attached hydrogen (secondary N) is 1. The second-order valence-corrected chi connectivity index (χ2v) is 6.37. The third-order valence-corrected chi connectivity index (χ3v) is 4.70. The predicted octanol–water partition coefficient (Wildman–Crippen LogP) is 2.18. The summed E-state index contributed by atoms with van der Waals surface area (Å²) in [6, 6.07) is 2.01. The van der Waals surface area contributed by atoms with Gasteiger partial charge in [0.25, 0.3) is 5.91 Å². The van der Waals surface area contributed by atoms with Crippen molar-refractivity contribution in [3.05, 3.63) is 47.3 Å². The highest BCUT2D eigenvalue weighted by Crippen LogP contribution is 2.40. The summed E-state index contributed by atoms with van der Waals surface area (Å²) in [7, 11) is 1.97. The van der Waals surface area contributed by atoms with Crippen LogP contribution in [0.3, 0.4) is 0 Å². The van der Waals surface area contributed by atoms with E-state index in [9.17, 15) is 4.79 Å². The first kappa shape index (κ1) is 13.5. The van der Waals surface area contributed by atoms with Crippen LogP contribution < -0.4 is 5.32 Å². The molecule has 114 valence electrons. The van der Waals surface area contributed by atoms with Crippen molar-refractivity contribution in [1.82, 2.24) is 19.9 Å². The normalized spacial score (nSPS) is 18.0. The van der Waals surface area contributed by atoms with Crippen LogP contribution in [-0.2, 0) is 19.9 Å². The number of imidazole rings is 1. The molecular formula is C17H20N4O. The topological polar surface area (TPSA) is 59.8 Å². The fourth-order valence-electron chi connectivity index (χ4n) is 3.27. The van der Waals surface area contributed by atoms with Gasteiger partial charge in [-0.05, 0) is 49.7 Å². The summed E-state index contributed by atoms with van der Waals surface area (Å²) in [6.07, 6.45) is 10.9. The lowest BCUT2D eigenvalue weighted by atomic mass is 10.1. The van der Waals surface area contributed by atoms with Gasteiger partial charge in [0.2, 0.25) is 0 Å². The molecular weight excluding hydrogens is 276 g/mol. The number of hydrogen-bond donors (Lipinski definition) is 1. The van der Waals surface area contributed by atoms with Gasteiger partial charge in [-0.15, -0.1) is 0 Å². The van der Waals surface area contributed by atoms with E-state index in [1.54, 1.807) is 12.4 Å². The molecule has 2 heterocycles. The molecule has 2 aliphatic rings. The fourth-order valence-corrected chi connectivity index (χ4v) is 3.27. The molecule has 5 heteroatoms. The quantitative estimate of drug-likeness (QED) is 0.941. The highest BCUT2D eigenvalue weighted by atomic mass is 16.1. The first-order valence-corrected chi connectivity index (χ1v) is 7.98. The Bertz CT molecular complexity index is 717. The van der Waals surface area contributed by atoms with Crippen LogP contribution in [0.5, 0.6) is 0 Å². The van der Waals surface area contributed by atoms with Gasteiger partial charge in [0.15, 0.2) is 0 Å². The molecule has 1 N–H and O–H groups in total. The van der Waals surface area contributed by atoms with Crippen LogP contribution in [0.25, 0.3) is 0 Å². The molecule has 1 atom stereocenters. The van der Waals surface area contributed by atoms with E-state index in [-0.39, 0.29) is 11.9 Å². The van der Waals surface area contributed by atoms with Crippen LogP contribution in [0.1, 0.15) is 52.7 Å². The Labute approximate surface area is 129 Å². The van der Waals surface area contributed by atoms with Crippen LogP contribution >= 0.6 is 0 Å². The van der Waals surface area contributed by atoms with E-state index < -0.39 is 0 Å². The van der Waals surface area contributed by atoms with E-state index in [1.807, 2.05) is 23.9 Å². The molecule has 0 spiro atoms. The van der Waals surface area contributed by atoms with Crippen molar-refractivity contribution in [3.63, 3.8) is 0 Å². The van der Waals surface area contributed by atoms with Gasteiger partial charge < -0.3 is 9.88 Å². The van der Waals surface area contributed by atoms with E-state index in [4.69, 9.17) is 0 Å². The Morgan fingerprint density at radius 3 is 2.95 bits per heavy atom. The van der Waals surface area contributed by atoms with E-state index in [2.05, 4.69) is 15.3 Å². The van der Waals surface area contributed by atoms with Gasteiger partial charge in [0, 0.05) is 31.3 Å². The Balaban J connectivity index is 1.56. The minimum atomic E-state index is -0.0397. The molecule has 0 saturated heterocycles. The molecule has 2 aromatic rings. The largest absolute Gasteiger partial charge is 0.342 e. The van der Waals surface area contributed by atoms with Crippen molar-refractivity contribution in [3.8, 4) is 0 Å². The minimum absolute atomic E-state index is 0.000699. The molecule has 2 aliphatic carbocycles. The molecule has 0 unspecified atom stereocenters. The van der Waals surface area contributed by atoms with E-state index >= 15 is 0 Å². The monoisotopic (exact) mass is 296 g/mol. The summed E-state index contributed by atoms with van der Waals surface area (Å²) in [6.45, 7) is 0. The Morgan fingerprint density at radius 2 is 2.23 bits per heavy atom. The maximum Gasteiger partial charge on any atom is 0.253 e. The van der Waals surface area contributed by atoms with Gasteiger partial charge in [-0.3, -0.25) is 9.78 Å². The van der Waals surface area contributed by atoms with Gasteiger partial charge in [-0.1, -0.05) is 0 Å². The molecule has 1 saturated carbocycles. The number of aryl methyl sites for hydroxylation is 3. The first-order valence-electron chi connectivity index (χ1n) is 7.98. The summed E-state index contributed by atoms with van der Waals surface area (Å²) < 4.78 is 1.99. The van der Waals surface area contributed by atoms with Gasteiger partial charge in [0.05, 0.1) is 11.6 Å². The smallest absolute Gasteiger partial charge is 0.253 e. The molecule has 0 aromatic carbocycles. The zero-order valence-electron chi connectivity index (χ0n) is 12.7. The third kappa shape index (κ3) is 2.40. The zero-order chi connectivity index (χ0) is 15.1. The average molecular weight is 296 g/mol. The van der Waals surface area contributed by atoms with E-state index in [0.717, 1.165) is 43.6 Å². The van der Waals surface area contributed by atoms with Crippen molar-refractivity contribution in [2.45, 2.75) is 38.1 Å². The third-order valence-electron chi connectivity index (χ3n) is 4.70. The second-order valence-electron chi connectivity index (χ2n) is 6.37. The maximum absolute atomic E-state index is 12.6. The molecule has 1 fully saturated rings. The molecule has 22 heavy (non-hydrogen) atoms. The highest BCUT2D eigenvalue weighted by molar-refractivity contribution is 5.94. The second kappa shape index (κ2) is 5.23. The molecule has 0 aliphatic heterocycles.